The number of amides is 1. The summed E-state index contributed by atoms with van der Waals surface area (Å²) in [4.78, 5) is 22.5. The van der Waals surface area contributed by atoms with Crippen LogP contribution in [0.25, 0.3) is 0 Å². The number of hydrogen-bond acceptors (Lipinski definition) is 4. The van der Waals surface area contributed by atoms with Crippen molar-refractivity contribution in [2.75, 3.05) is 26.2 Å². The number of guanidine groups is 1. The molecule has 1 aromatic heterocycles. The molecule has 0 atom stereocenters. The highest BCUT2D eigenvalue weighted by atomic mass is 127. The molecule has 8 heteroatoms. The van der Waals surface area contributed by atoms with E-state index in [-0.39, 0.29) is 36.4 Å². The number of likely N-dealkylation sites (tertiary alicyclic amines) is 1. The van der Waals surface area contributed by atoms with Crippen LogP contribution in [0.15, 0.2) is 9.41 Å². The molecule has 1 saturated heterocycles. The van der Waals surface area contributed by atoms with Gasteiger partial charge in [-0.15, -0.1) is 24.0 Å². The molecule has 0 spiro atoms. The lowest BCUT2D eigenvalue weighted by Crippen LogP contribution is -2.38. The molecular formula is C15H26IN5O2. The lowest BCUT2D eigenvalue weighted by Gasteiger charge is -2.14. The highest BCUT2D eigenvalue weighted by molar-refractivity contribution is 14.0. The van der Waals surface area contributed by atoms with Crippen molar-refractivity contribution >= 4 is 35.8 Å². The van der Waals surface area contributed by atoms with Gasteiger partial charge in [-0.3, -0.25) is 4.79 Å². The third-order valence-corrected chi connectivity index (χ3v) is 3.66. The molecule has 0 bridgehead atoms. The summed E-state index contributed by atoms with van der Waals surface area (Å²) in [6.45, 7) is 8.83. The minimum absolute atomic E-state index is 0. The normalized spacial score (nSPS) is 14.6. The van der Waals surface area contributed by atoms with Gasteiger partial charge in [0.15, 0.2) is 5.96 Å². The van der Waals surface area contributed by atoms with Gasteiger partial charge in [-0.25, -0.2) is 9.98 Å². The van der Waals surface area contributed by atoms with E-state index in [2.05, 4.69) is 20.6 Å². The fraction of sp³-hybridized carbons (Fsp3) is 0.667. The zero-order valence-electron chi connectivity index (χ0n) is 14.0. The van der Waals surface area contributed by atoms with E-state index in [1.54, 1.807) is 0 Å². The maximum atomic E-state index is 12.0. The molecule has 0 aliphatic carbocycles. The summed E-state index contributed by atoms with van der Waals surface area (Å²) in [6.07, 6.45) is 2.19. The molecule has 2 rings (SSSR count). The molecule has 1 aliphatic heterocycles. The summed E-state index contributed by atoms with van der Waals surface area (Å²) in [5.41, 5.74) is 0.892. The van der Waals surface area contributed by atoms with Gasteiger partial charge < -0.3 is 20.0 Å². The molecule has 130 valence electrons. The molecule has 1 fully saturated rings. The van der Waals surface area contributed by atoms with Crippen LogP contribution in [0.4, 0.5) is 0 Å². The van der Waals surface area contributed by atoms with Crippen LogP contribution in [-0.2, 0) is 11.3 Å². The van der Waals surface area contributed by atoms with Gasteiger partial charge in [-0.1, -0.05) is 0 Å². The van der Waals surface area contributed by atoms with Crippen molar-refractivity contribution in [1.29, 1.82) is 0 Å². The Bertz CT molecular complexity index is 518. The predicted molar refractivity (Wildman–Crippen MR) is 100 cm³/mol. The van der Waals surface area contributed by atoms with E-state index in [1.165, 1.54) is 0 Å². The molecule has 7 nitrogen and oxygen atoms in total. The number of aryl methyl sites for hydroxylation is 2. The SMILES string of the molecule is CCNC(=NCC(=O)N1CCCC1)NCc1nc(C)c(C)o1.I. The largest absolute Gasteiger partial charge is 0.444 e. The Morgan fingerprint density at radius 1 is 1.30 bits per heavy atom. The number of hydrogen-bond donors (Lipinski definition) is 2. The fourth-order valence-corrected chi connectivity index (χ4v) is 2.33. The van der Waals surface area contributed by atoms with Crippen molar-refractivity contribution < 1.29 is 9.21 Å². The number of halogens is 1. The lowest BCUT2D eigenvalue weighted by atomic mass is 10.4. The molecule has 0 unspecified atom stereocenters. The van der Waals surface area contributed by atoms with E-state index < -0.39 is 0 Å². The average molecular weight is 435 g/mol. The quantitative estimate of drug-likeness (QED) is 0.417. The van der Waals surface area contributed by atoms with Crippen LogP contribution in [0, 0.1) is 13.8 Å². The van der Waals surface area contributed by atoms with E-state index in [1.807, 2.05) is 25.7 Å². The Labute approximate surface area is 154 Å². The third-order valence-electron chi connectivity index (χ3n) is 3.66. The zero-order valence-corrected chi connectivity index (χ0v) is 16.3. The number of nitrogens with zero attached hydrogens (tertiary/aromatic N) is 3. The van der Waals surface area contributed by atoms with Crippen LogP contribution >= 0.6 is 24.0 Å². The molecule has 2 N–H and O–H groups in total. The Hall–Kier alpha value is -1.32. The first kappa shape index (κ1) is 19.7. The van der Waals surface area contributed by atoms with Gasteiger partial charge in [0.2, 0.25) is 11.8 Å². The van der Waals surface area contributed by atoms with Crippen molar-refractivity contribution in [2.45, 2.75) is 40.2 Å². The predicted octanol–water partition coefficient (Wildman–Crippen LogP) is 1.59. The van der Waals surface area contributed by atoms with E-state index in [0.717, 1.165) is 43.9 Å². The maximum Gasteiger partial charge on any atom is 0.244 e. The smallest absolute Gasteiger partial charge is 0.244 e. The van der Waals surface area contributed by atoms with Crippen molar-refractivity contribution in [2.24, 2.45) is 4.99 Å². The van der Waals surface area contributed by atoms with Gasteiger partial charge >= 0.3 is 0 Å². The molecule has 1 aliphatic rings. The lowest BCUT2D eigenvalue weighted by molar-refractivity contribution is -0.128. The molecule has 0 radical (unpaired) electrons. The zero-order chi connectivity index (χ0) is 15.9. The van der Waals surface area contributed by atoms with Crippen LogP contribution in [0.3, 0.4) is 0 Å². The Kier molecular flexibility index (Phi) is 8.35. The number of rotatable bonds is 5. The highest BCUT2D eigenvalue weighted by Crippen LogP contribution is 2.08. The van der Waals surface area contributed by atoms with Crippen LogP contribution in [-0.4, -0.2) is 47.9 Å². The first-order chi connectivity index (χ1) is 10.6. The van der Waals surface area contributed by atoms with Crippen LogP contribution in [0.5, 0.6) is 0 Å². The van der Waals surface area contributed by atoms with Gasteiger partial charge in [0.25, 0.3) is 0 Å². The molecule has 1 aromatic rings. The van der Waals surface area contributed by atoms with Crippen molar-refractivity contribution in [3.63, 3.8) is 0 Å². The van der Waals surface area contributed by atoms with E-state index in [4.69, 9.17) is 4.42 Å². The molecular weight excluding hydrogens is 409 g/mol. The summed E-state index contributed by atoms with van der Waals surface area (Å²) >= 11 is 0. The number of aliphatic imine (C=N–C) groups is 1. The van der Waals surface area contributed by atoms with Gasteiger partial charge in [-0.2, -0.15) is 0 Å². The van der Waals surface area contributed by atoms with E-state index in [0.29, 0.717) is 18.4 Å². The summed E-state index contributed by atoms with van der Waals surface area (Å²) in [6, 6.07) is 0. The topological polar surface area (TPSA) is 82.8 Å². The number of aromatic nitrogens is 1. The number of nitrogens with one attached hydrogen (secondary N) is 2. The third kappa shape index (κ3) is 6.00. The monoisotopic (exact) mass is 435 g/mol. The second-order valence-electron chi connectivity index (χ2n) is 5.39. The minimum atomic E-state index is 0. The molecule has 0 aromatic carbocycles. The van der Waals surface area contributed by atoms with Gasteiger partial charge in [-0.05, 0) is 33.6 Å². The Morgan fingerprint density at radius 2 is 2.00 bits per heavy atom. The number of oxazole rings is 1. The van der Waals surface area contributed by atoms with E-state index >= 15 is 0 Å². The Morgan fingerprint density at radius 3 is 2.57 bits per heavy atom. The fourth-order valence-electron chi connectivity index (χ4n) is 2.33. The average Bonchev–Trinajstić information content (AvgIpc) is 3.12. The molecule has 2 heterocycles. The van der Waals surface area contributed by atoms with Crippen LogP contribution in [0.1, 0.15) is 37.1 Å². The van der Waals surface area contributed by atoms with E-state index in [9.17, 15) is 4.79 Å². The first-order valence-corrected chi connectivity index (χ1v) is 7.83. The first-order valence-electron chi connectivity index (χ1n) is 7.83. The van der Waals surface area contributed by atoms with Gasteiger partial charge in [0.1, 0.15) is 12.3 Å². The van der Waals surface area contributed by atoms with Gasteiger partial charge in [0, 0.05) is 19.6 Å². The second-order valence-corrected chi connectivity index (χ2v) is 5.39. The Balaban J connectivity index is 0.00000264. The second kappa shape index (κ2) is 9.74. The summed E-state index contributed by atoms with van der Waals surface area (Å²) in [5, 5.41) is 6.25. The van der Waals surface area contributed by atoms with Crippen LogP contribution < -0.4 is 10.6 Å². The standard InChI is InChI=1S/C15H25N5O2.HI/c1-4-16-15(17-9-13-19-11(2)12(3)22-13)18-10-14(21)20-7-5-6-8-20;/h4-10H2,1-3H3,(H2,16,17,18);1H. The highest BCUT2D eigenvalue weighted by Gasteiger charge is 2.17. The van der Waals surface area contributed by atoms with Crippen LogP contribution in [0.2, 0.25) is 0 Å². The molecule has 0 saturated carbocycles. The van der Waals surface area contributed by atoms with Crippen molar-refractivity contribution in [3.05, 3.63) is 17.3 Å². The summed E-state index contributed by atoms with van der Waals surface area (Å²) < 4.78 is 5.52. The molecule has 1 amide bonds. The maximum absolute atomic E-state index is 12.0. The minimum Gasteiger partial charge on any atom is -0.444 e. The number of carbonyl (C=O) groups excluding carboxylic acids is 1. The molecule has 23 heavy (non-hydrogen) atoms. The van der Waals surface area contributed by atoms with Gasteiger partial charge in [0.05, 0.1) is 12.2 Å². The summed E-state index contributed by atoms with van der Waals surface area (Å²) in [5.74, 6) is 2.12. The number of carbonyl (C=O) groups is 1. The van der Waals surface area contributed by atoms with Crippen molar-refractivity contribution in [1.82, 2.24) is 20.5 Å². The summed E-state index contributed by atoms with van der Waals surface area (Å²) in [7, 11) is 0. The van der Waals surface area contributed by atoms with Crippen molar-refractivity contribution in [3.8, 4) is 0 Å².